The highest BCUT2D eigenvalue weighted by atomic mass is 28.3. The molecule has 40 valence electrons. The molecule has 0 saturated carbocycles. The number of allylic oxidation sites excluding steroid dienone is 3. The van der Waals surface area contributed by atoms with Crippen molar-refractivity contribution in [1.82, 2.24) is 0 Å². The molecule has 0 aromatic heterocycles. The molecule has 2 aliphatic heterocycles. The summed E-state index contributed by atoms with van der Waals surface area (Å²) in [7, 11) is 0.341. The molecule has 0 aliphatic carbocycles. The summed E-state index contributed by atoms with van der Waals surface area (Å²) < 4.78 is 0. The van der Waals surface area contributed by atoms with Crippen molar-refractivity contribution in [2.45, 2.75) is 0 Å². The van der Waals surface area contributed by atoms with Crippen LogP contribution in [0.4, 0.5) is 0 Å². The molecule has 0 fully saturated rings. The van der Waals surface area contributed by atoms with Gasteiger partial charge in [0.2, 0.25) is 0 Å². The van der Waals surface area contributed by atoms with Gasteiger partial charge in [-0.1, -0.05) is 28.4 Å². The van der Waals surface area contributed by atoms with Crippen molar-refractivity contribution in [3.05, 3.63) is 33.9 Å². The van der Waals surface area contributed by atoms with E-state index in [9.17, 15) is 0 Å². The molecule has 2 aliphatic rings. The Morgan fingerprint density at radius 1 is 1.00 bits per heavy atom. The quantitative estimate of drug-likeness (QED) is 0.397. The van der Waals surface area contributed by atoms with E-state index in [0.717, 1.165) is 0 Å². The van der Waals surface area contributed by atoms with Crippen LogP contribution in [-0.2, 0) is 0 Å². The van der Waals surface area contributed by atoms with E-state index in [-0.39, 0.29) is 19.0 Å². The van der Waals surface area contributed by atoms with Crippen LogP contribution >= 0.6 is 0 Å². The first-order valence-corrected chi connectivity index (χ1v) is 6.06. The summed E-state index contributed by atoms with van der Waals surface area (Å²) in [6.45, 7) is 0. The van der Waals surface area contributed by atoms with Gasteiger partial charge < -0.3 is 0 Å². The number of hydrogen-bond acceptors (Lipinski definition) is 0. The van der Waals surface area contributed by atoms with Crippen LogP contribution in [0.3, 0.4) is 0 Å². The van der Waals surface area contributed by atoms with E-state index in [1.807, 2.05) is 4.82 Å². The summed E-state index contributed by atoms with van der Waals surface area (Å²) in [4.78, 5) is 1.88. The predicted octanol–water partition coefficient (Wildman–Crippen LogP) is -0.410. The minimum absolute atomic E-state index is 0.171. The van der Waals surface area contributed by atoms with Gasteiger partial charge in [0.1, 0.15) is 0 Å². The lowest BCUT2D eigenvalue weighted by Gasteiger charge is -1.87. The number of hydrogen-bond donors (Lipinski definition) is 0. The Hall–Kier alpha value is -0.346. The Kier molecular flexibility index (Phi) is 0.886. The molecule has 0 radical (unpaired) electrons. The molecule has 0 unspecified atom stereocenters. The standard InChI is InChI=1S/C6H8Si2/c1-3-7-6-5(1)2-4-8-6/h1-4H,7-8H2. The van der Waals surface area contributed by atoms with Gasteiger partial charge in [0.15, 0.2) is 0 Å². The zero-order valence-electron chi connectivity index (χ0n) is 4.72. The summed E-state index contributed by atoms with van der Waals surface area (Å²) in [5.41, 5.74) is 6.39. The molecular weight excluding hydrogens is 128 g/mol. The monoisotopic (exact) mass is 136 g/mol. The fourth-order valence-corrected chi connectivity index (χ4v) is 5.19. The smallest absolute Gasteiger partial charge is 0.0691 e. The molecule has 0 bridgehead atoms. The average Bonchev–Trinajstić information content (AvgIpc) is 2.15. The highest BCUT2D eigenvalue weighted by Gasteiger charge is 2.09. The third-order valence-corrected chi connectivity index (χ3v) is 6.21. The van der Waals surface area contributed by atoms with E-state index in [2.05, 4.69) is 23.6 Å². The zero-order valence-corrected chi connectivity index (χ0v) is 7.55. The molecule has 0 atom stereocenters. The highest BCUT2D eigenvalue weighted by Crippen LogP contribution is 2.17. The van der Waals surface area contributed by atoms with Gasteiger partial charge in [-0.15, -0.1) is 0 Å². The molecule has 0 amide bonds. The molecule has 0 aromatic carbocycles. The van der Waals surface area contributed by atoms with Crippen LogP contribution in [0.1, 0.15) is 0 Å². The maximum absolute atomic E-state index is 2.40. The Morgan fingerprint density at radius 2 is 1.62 bits per heavy atom. The van der Waals surface area contributed by atoms with E-state index >= 15 is 0 Å². The van der Waals surface area contributed by atoms with Gasteiger partial charge in [0, 0.05) is 0 Å². The van der Waals surface area contributed by atoms with Gasteiger partial charge in [-0.3, -0.25) is 0 Å². The van der Waals surface area contributed by atoms with Crippen molar-refractivity contribution < 1.29 is 0 Å². The normalized spacial score (nSPS) is 29.0. The second-order valence-electron chi connectivity index (χ2n) is 2.27. The van der Waals surface area contributed by atoms with E-state index in [1.54, 1.807) is 5.57 Å². The molecule has 8 heavy (non-hydrogen) atoms. The maximum Gasteiger partial charge on any atom is 0.0691 e. The van der Waals surface area contributed by atoms with Crippen molar-refractivity contribution in [2.75, 3.05) is 0 Å². The van der Waals surface area contributed by atoms with Crippen molar-refractivity contribution in [3.8, 4) is 0 Å². The van der Waals surface area contributed by atoms with Crippen LogP contribution in [0.25, 0.3) is 0 Å². The lowest BCUT2D eigenvalue weighted by molar-refractivity contribution is 1.80. The molecule has 0 spiro atoms. The molecule has 0 aromatic rings. The maximum atomic E-state index is 2.40. The van der Waals surface area contributed by atoms with Gasteiger partial charge >= 0.3 is 0 Å². The summed E-state index contributed by atoms with van der Waals surface area (Å²) in [5.74, 6) is 0. The van der Waals surface area contributed by atoms with Gasteiger partial charge in [0.05, 0.1) is 19.0 Å². The summed E-state index contributed by atoms with van der Waals surface area (Å²) in [5, 5.41) is 0. The Bertz CT molecular complexity index is 179. The van der Waals surface area contributed by atoms with Crippen molar-refractivity contribution >= 4 is 19.0 Å². The van der Waals surface area contributed by atoms with E-state index in [4.69, 9.17) is 0 Å². The van der Waals surface area contributed by atoms with Crippen molar-refractivity contribution in [1.29, 1.82) is 0 Å². The minimum atomic E-state index is 0.171. The van der Waals surface area contributed by atoms with Gasteiger partial charge in [0.25, 0.3) is 0 Å². The van der Waals surface area contributed by atoms with Gasteiger partial charge in [-0.25, -0.2) is 0 Å². The lowest BCUT2D eigenvalue weighted by atomic mass is 10.3. The lowest BCUT2D eigenvalue weighted by Crippen LogP contribution is -1.94. The van der Waals surface area contributed by atoms with Crippen molar-refractivity contribution in [3.63, 3.8) is 0 Å². The largest absolute Gasteiger partial charge is 0.0964 e. The molecule has 0 saturated heterocycles. The molecule has 0 N–H and O–H groups in total. The van der Waals surface area contributed by atoms with Crippen LogP contribution in [0, 0.1) is 0 Å². The van der Waals surface area contributed by atoms with Crippen LogP contribution in [0.15, 0.2) is 33.9 Å². The highest BCUT2D eigenvalue weighted by molar-refractivity contribution is 6.76. The first-order chi connectivity index (χ1) is 3.97. The average molecular weight is 136 g/mol. The SMILES string of the molecule is C1=CC2=C([SiH2]1)[SiH2]C=C2. The second-order valence-corrected chi connectivity index (χ2v) is 6.74. The van der Waals surface area contributed by atoms with Gasteiger partial charge in [-0.2, -0.15) is 0 Å². The van der Waals surface area contributed by atoms with E-state index in [1.165, 1.54) is 0 Å². The zero-order chi connectivity index (χ0) is 5.40. The van der Waals surface area contributed by atoms with Crippen LogP contribution in [0.2, 0.25) is 0 Å². The van der Waals surface area contributed by atoms with Crippen LogP contribution in [0.5, 0.6) is 0 Å². The summed E-state index contributed by atoms with van der Waals surface area (Å²) in [6.07, 6.45) is 4.61. The Labute approximate surface area is 53.6 Å². The van der Waals surface area contributed by atoms with Gasteiger partial charge in [-0.05, 0) is 5.57 Å². The third-order valence-electron chi connectivity index (χ3n) is 1.73. The second kappa shape index (κ2) is 1.57. The Balaban J connectivity index is 2.43. The summed E-state index contributed by atoms with van der Waals surface area (Å²) >= 11 is 0. The topological polar surface area (TPSA) is 0 Å². The first kappa shape index (κ1) is 4.52. The van der Waals surface area contributed by atoms with Crippen molar-refractivity contribution in [2.24, 2.45) is 0 Å². The molecule has 2 rings (SSSR count). The molecular formula is C6H8Si2. The third kappa shape index (κ3) is 0.500. The van der Waals surface area contributed by atoms with E-state index < -0.39 is 0 Å². The van der Waals surface area contributed by atoms with E-state index in [0.29, 0.717) is 0 Å². The molecule has 0 nitrogen and oxygen atoms in total. The predicted molar refractivity (Wildman–Crippen MR) is 42.4 cm³/mol. The van der Waals surface area contributed by atoms with Crippen LogP contribution in [-0.4, -0.2) is 19.0 Å². The summed E-state index contributed by atoms with van der Waals surface area (Å²) in [6, 6.07) is 0. The first-order valence-electron chi connectivity index (χ1n) is 3.02. The fourth-order valence-electron chi connectivity index (χ4n) is 1.27. The fraction of sp³-hybridized carbons (Fsp3) is 0. The van der Waals surface area contributed by atoms with Crippen LogP contribution < -0.4 is 0 Å². The minimum Gasteiger partial charge on any atom is -0.0964 e. The Morgan fingerprint density at radius 3 is 2.12 bits per heavy atom. The molecule has 2 heteroatoms. The molecule has 2 heterocycles. The number of rotatable bonds is 0.